The highest BCUT2D eigenvalue weighted by molar-refractivity contribution is 6.04. The number of benzene rings is 3. The zero-order valence-electron chi connectivity index (χ0n) is 35.0. The quantitative estimate of drug-likeness (QED) is 0.187. The van der Waals surface area contributed by atoms with E-state index >= 15 is 0 Å². The van der Waals surface area contributed by atoms with E-state index < -0.39 is 17.9 Å². The minimum Gasteiger partial charge on any atom is -0.496 e. The second kappa shape index (κ2) is 16.6. The van der Waals surface area contributed by atoms with Gasteiger partial charge in [-0.05, 0) is 92.8 Å². The second-order valence-corrected chi connectivity index (χ2v) is 17.6. The first-order valence-electron chi connectivity index (χ1n) is 20.6. The molecule has 0 spiro atoms. The van der Waals surface area contributed by atoms with Gasteiger partial charge < -0.3 is 34.5 Å². The van der Waals surface area contributed by atoms with Gasteiger partial charge in [0.05, 0.1) is 36.5 Å². The topological polar surface area (TPSA) is 168 Å². The molecule has 13 heteroatoms. The van der Waals surface area contributed by atoms with E-state index in [0.29, 0.717) is 22.6 Å². The number of amides is 4. The Morgan fingerprint density at radius 2 is 1.47 bits per heavy atom. The number of imide groups is 1. The first kappa shape index (κ1) is 41.5. The molecule has 1 unspecified atom stereocenters. The predicted molar refractivity (Wildman–Crippen MR) is 221 cm³/mol. The van der Waals surface area contributed by atoms with Crippen LogP contribution in [0.15, 0.2) is 54.6 Å². The normalized spacial score (nSPS) is 24.7. The van der Waals surface area contributed by atoms with E-state index in [9.17, 15) is 24.4 Å². The summed E-state index contributed by atoms with van der Waals surface area (Å²) >= 11 is 0. The van der Waals surface area contributed by atoms with Crippen LogP contribution in [0.2, 0.25) is 0 Å². The molecule has 13 nitrogen and oxygen atoms in total. The summed E-state index contributed by atoms with van der Waals surface area (Å²) in [7, 11) is 1.47. The molecule has 3 N–H and O–H groups in total. The van der Waals surface area contributed by atoms with Crippen LogP contribution < -0.4 is 35.1 Å². The minimum absolute atomic E-state index is 0.0117. The summed E-state index contributed by atoms with van der Waals surface area (Å²) in [5.41, 5.74) is 3.80. The molecule has 2 aliphatic heterocycles. The summed E-state index contributed by atoms with van der Waals surface area (Å²) in [4.78, 5) is 52.3. The van der Waals surface area contributed by atoms with Gasteiger partial charge in [0.15, 0.2) is 0 Å². The van der Waals surface area contributed by atoms with Crippen LogP contribution in [0.3, 0.4) is 0 Å². The number of hydrogen-bond donors (Lipinski definition) is 3. The molecule has 2 aliphatic carbocycles. The van der Waals surface area contributed by atoms with E-state index in [0.717, 1.165) is 61.3 Å². The lowest BCUT2D eigenvalue weighted by Crippen LogP contribution is -2.74. The maximum Gasteiger partial charge on any atom is 0.255 e. The van der Waals surface area contributed by atoms with Crippen LogP contribution in [0.5, 0.6) is 17.2 Å². The average Bonchev–Trinajstić information content (AvgIpc) is 3.19. The Bertz CT molecular complexity index is 2110. The fraction of sp³-hybridized carbons (Fsp3) is 0.500. The number of ether oxygens (including phenoxy) is 4. The van der Waals surface area contributed by atoms with Gasteiger partial charge in [0, 0.05) is 66.5 Å². The molecule has 2 heterocycles. The number of carbonyl (C=O) groups excluding carboxylic acids is 4. The van der Waals surface area contributed by atoms with Crippen molar-refractivity contribution >= 4 is 29.3 Å². The molecule has 312 valence electrons. The molecule has 2 saturated heterocycles. The first-order valence-corrected chi connectivity index (χ1v) is 20.6. The number of hydrogen-bond acceptors (Lipinski definition) is 10. The summed E-state index contributed by atoms with van der Waals surface area (Å²) in [5.74, 6) is 0.233. The third-order valence-electron chi connectivity index (χ3n) is 12.6. The van der Waals surface area contributed by atoms with Crippen molar-refractivity contribution in [3.63, 3.8) is 0 Å². The number of methoxy groups -OCH3 is 1. The number of nitrogens with one attached hydrogen (secondary N) is 3. The van der Waals surface area contributed by atoms with Crippen LogP contribution in [0.25, 0.3) is 0 Å². The molecule has 1 atom stereocenters. The van der Waals surface area contributed by atoms with E-state index in [2.05, 4.69) is 54.6 Å². The van der Waals surface area contributed by atoms with Crippen molar-refractivity contribution in [1.82, 2.24) is 16.0 Å². The number of anilines is 1. The molecule has 7 rings (SSSR count). The molecular formula is C46H55N5O8. The summed E-state index contributed by atoms with van der Waals surface area (Å²) in [6.07, 6.45) is 3.90. The number of piperidine rings is 2. The summed E-state index contributed by atoms with van der Waals surface area (Å²) < 4.78 is 24.6. The molecule has 3 aromatic carbocycles. The third kappa shape index (κ3) is 8.60. The van der Waals surface area contributed by atoms with Gasteiger partial charge in [-0.1, -0.05) is 27.7 Å². The molecule has 59 heavy (non-hydrogen) atoms. The van der Waals surface area contributed by atoms with Crippen molar-refractivity contribution in [1.29, 1.82) is 5.26 Å². The standard InChI is InChI=1S/C46H55N5O8/c1-26-20-32(21-27(2)36(26)25-47)59-44-45(3,4)43(46(44,5)6)50-40(53)28-8-10-29(11-9-28)51-18-16-30(17-19-51)57-33-22-34(23-33)58-31-12-13-35(38(24-31)56-7)41(54)48-37-14-15-39(52)49-42(37)55/h8-13,20-21,24,30,33-34,37,43-44H,14-19,22-23H2,1-7H3,(H,48,54)(H,50,53)(H,49,52,55)/t33-,34-,37?,43-,44-. The zero-order chi connectivity index (χ0) is 42.2. The van der Waals surface area contributed by atoms with Crippen LogP contribution in [0.1, 0.15) is 104 Å². The van der Waals surface area contributed by atoms with Gasteiger partial charge in [-0.3, -0.25) is 24.5 Å². The number of rotatable bonds is 12. The maximum absolute atomic E-state index is 13.5. The van der Waals surface area contributed by atoms with E-state index in [-0.39, 0.29) is 71.5 Å². The Morgan fingerprint density at radius 3 is 2.08 bits per heavy atom. The van der Waals surface area contributed by atoms with Crippen LogP contribution >= 0.6 is 0 Å². The van der Waals surface area contributed by atoms with Crippen molar-refractivity contribution in [2.45, 2.75) is 117 Å². The highest BCUT2D eigenvalue weighted by Gasteiger charge is 2.64. The number of aryl methyl sites for hydroxylation is 2. The summed E-state index contributed by atoms with van der Waals surface area (Å²) in [5, 5.41) is 17.7. The van der Waals surface area contributed by atoms with Crippen molar-refractivity contribution in [2.24, 2.45) is 10.8 Å². The Kier molecular flexibility index (Phi) is 11.7. The molecule has 0 aromatic heterocycles. The van der Waals surface area contributed by atoms with Crippen LogP contribution in [0, 0.1) is 36.0 Å². The average molecular weight is 806 g/mol. The van der Waals surface area contributed by atoms with Gasteiger partial charge in [0.1, 0.15) is 35.5 Å². The lowest BCUT2D eigenvalue weighted by Gasteiger charge is -2.63. The highest BCUT2D eigenvalue weighted by Crippen LogP contribution is 2.55. The zero-order valence-corrected chi connectivity index (χ0v) is 35.0. The lowest BCUT2D eigenvalue weighted by molar-refractivity contribution is -0.164. The van der Waals surface area contributed by atoms with Crippen LogP contribution in [-0.2, 0) is 14.3 Å². The molecule has 0 bridgehead atoms. The third-order valence-corrected chi connectivity index (χ3v) is 12.6. The van der Waals surface area contributed by atoms with Gasteiger partial charge >= 0.3 is 0 Å². The predicted octanol–water partition coefficient (Wildman–Crippen LogP) is 5.93. The van der Waals surface area contributed by atoms with Gasteiger partial charge in [-0.15, -0.1) is 0 Å². The van der Waals surface area contributed by atoms with Crippen LogP contribution in [-0.4, -0.2) is 80.3 Å². The summed E-state index contributed by atoms with van der Waals surface area (Å²) in [6, 6.07) is 18.1. The van der Waals surface area contributed by atoms with E-state index in [1.807, 2.05) is 50.2 Å². The Labute approximate surface area is 346 Å². The van der Waals surface area contributed by atoms with Crippen LogP contribution in [0.4, 0.5) is 5.69 Å². The number of carbonyl (C=O) groups is 4. The van der Waals surface area contributed by atoms with E-state index in [4.69, 9.17) is 18.9 Å². The monoisotopic (exact) mass is 805 g/mol. The lowest BCUT2D eigenvalue weighted by atomic mass is 9.49. The minimum atomic E-state index is -0.779. The van der Waals surface area contributed by atoms with E-state index in [1.165, 1.54) is 7.11 Å². The van der Waals surface area contributed by atoms with Gasteiger partial charge in [-0.2, -0.15) is 5.26 Å². The summed E-state index contributed by atoms with van der Waals surface area (Å²) in [6.45, 7) is 14.1. The molecule has 4 fully saturated rings. The molecule has 4 aliphatic rings. The number of nitriles is 1. The molecular weight excluding hydrogens is 751 g/mol. The Balaban J connectivity index is 0.838. The fourth-order valence-corrected chi connectivity index (χ4v) is 9.58. The number of nitrogens with zero attached hydrogens (tertiary/aromatic N) is 2. The molecule has 4 amide bonds. The Morgan fingerprint density at radius 1 is 0.814 bits per heavy atom. The molecule has 3 aromatic rings. The van der Waals surface area contributed by atoms with E-state index in [1.54, 1.807) is 18.2 Å². The molecule has 2 saturated carbocycles. The van der Waals surface area contributed by atoms with Gasteiger partial charge in [-0.25, -0.2) is 0 Å². The van der Waals surface area contributed by atoms with Crippen molar-refractivity contribution < 1.29 is 38.1 Å². The Hall–Kier alpha value is -5.61. The largest absolute Gasteiger partial charge is 0.496 e. The van der Waals surface area contributed by atoms with Crippen molar-refractivity contribution in [3.05, 3.63) is 82.4 Å². The highest BCUT2D eigenvalue weighted by atomic mass is 16.5. The SMILES string of the molecule is COc1cc(O[C@H]2C[C@H](OC3CCN(c4ccc(C(=O)N[C@H]5C(C)(C)[C@H](Oc6cc(C)c(C#N)c(C)c6)C5(C)C)cc4)CC3)C2)ccc1C(=O)NC1CCC(=O)NC1=O. The smallest absolute Gasteiger partial charge is 0.255 e. The van der Waals surface area contributed by atoms with Gasteiger partial charge in [0.2, 0.25) is 11.8 Å². The van der Waals surface area contributed by atoms with Crippen molar-refractivity contribution in [3.8, 4) is 23.3 Å². The molecule has 0 radical (unpaired) electrons. The van der Waals surface area contributed by atoms with Crippen molar-refractivity contribution in [2.75, 3.05) is 25.1 Å². The fourth-order valence-electron chi connectivity index (χ4n) is 9.58. The van der Waals surface area contributed by atoms with Gasteiger partial charge in [0.25, 0.3) is 11.8 Å². The first-order chi connectivity index (χ1) is 28.1. The second-order valence-electron chi connectivity index (χ2n) is 17.6. The maximum atomic E-state index is 13.5.